The van der Waals surface area contributed by atoms with E-state index < -0.39 is 18.6 Å². The van der Waals surface area contributed by atoms with Crippen LogP contribution in [0.5, 0.6) is 0 Å². The third-order valence-electron chi connectivity index (χ3n) is 0.569. The van der Waals surface area contributed by atoms with Gasteiger partial charge in [-0.1, -0.05) is 34.6 Å². The number of alkyl carbamates (subject to hydrolysis) is 1. The third kappa shape index (κ3) is 44.6. The lowest BCUT2D eigenvalue weighted by Crippen LogP contribution is -2.28. The summed E-state index contributed by atoms with van der Waals surface area (Å²) in [6.07, 6.45) is -0.739. The summed E-state index contributed by atoms with van der Waals surface area (Å²) in [5, 5.41) is 9.96. The molecule has 0 aliphatic carbocycles. The Morgan fingerprint density at radius 2 is 1.60 bits per heavy atom. The third-order valence-corrected chi connectivity index (χ3v) is 0.569. The summed E-state index contributed by atoms with van der Waals surface area (Å²) in [4.78, 5) is 19.9. The first-order valence-corrected chi connectivity index (χ1v) is 4.93. The van der Waals surface area contributed by atoms with Gasteiger partial charge in [0.25, 0.3) is 0 Å². The second kappa shape index (κ2) is 15.2. The molecule has 0 unspecified atom stereocenters. The number of carbonyl (C=O) groups excluding carboxylic acids is 1. The summed E-state index contributed by atoms with van der Waals surface area (Å²) in [6, 6.07) is 0. The number of amides is 1. The van der Waals surface area contributed by atoms with Gasteiger partial charge >= 0.3 is 12.1 Å². The SMILES string of the molecule is CC.CC(C)C.COC(=O)NCC(=O)O. The van der Waals surface area contributed by atoms with Gasteiger partial charge in [0.15, 0.2) is 0 Å². The number of hydrogen-bond acceptors (Lipinski definition) is 3. The summed E-state index contributed by atoms with van der Waals surface area (Å²) in [5.41, 5.74) is 0. The molecule has 92 valence electrons. The number of rotatable bonds is 2. The van der Waals surface area contributed by atoms with E-state index in [0.29, 0.717) is 0 Å². The molecule has 0 saturated carbocycles. The van der Waals surface area contributed by atoms with Gasteiger partial charge in [0.1, 0.15) is 6.54 Å². The number of carbonyl (C=O) groups is 2. The van der Waals surface area contributed by atoms with Crippen LogP contribution in [-0.4, -0.2) is 30.8 Å². The minimum Gasteiger partial charge on any atom is -0.480 e. The summed E-state index contributed by atoms with van der Waals surface area (Å²) in [6.45, 7) is 10.1. The van der Waals surface area contributed by atoms with Gasteiger partial charge in [-0.25, -0.2) is 4.79 Å². The van der Waals surface area contributed by atoms with Gasteiger partial charge in [-0.2, -0.15) is 0 Å². The van der Waals surface area contributed by atoms with Crippen LogP contribution in [0.2, 0.25) is 0 Å². The number of ether oxygens (including phenoxy) is 1. The number of nitrogens with one attached hydrogen (secondary N) is 1. The van der Waals surface area contributed by atoms with Crippen molar-refractivity contribution in [2.24, 2.45) is 5.92 Å². The zero-order valence-corrected chi connectivity index (χ0v) is 10.5. The Hall–Kier alpha value is -1.26. The van der Waals surface area contributed by atoms with Crippen molar-refractivity contribution in [1.29, 1.82) is 0 Å². The Bertz CT molecular complexity index is 155. The molecular formula is C10H23NO4. The van der Waals surface area contributed by atoms with Crippen LogP contribution >= 0.6 is 0 Å². The first-order valence-electron chi connectivity index (χ1n) is 4.93. The molecule has 5 nitrogen and oxygen atoms in total. The van der Waals surface area contributed by atoms with Crippen molar-refractivity contribution in [2.75, 3.05) is 13.7 Å². The van der Waals surface area contributed by atoms with Crippen molar-refractivity contribution in [1.82, 2.24) is 5.32 Å². The topological polar surface area (TPSA) is 75.6 Å². The maximum Gasteiger partial charge on any atom is 0.407 e. The summed E-state index contributed by atoms with van der Waals surface area (Å²) in [7, 11) is 1.16. The monoisotopic (exact) mass is 221 g/mol. The van der Waals surface area contributed by atoms with E-state index in [9.17, 15) is 9.59 Å². The molecule has 0 fully saturated rings. The molecule has 1 amide bonds. The molecule has 0 aromatic carbocycles. The van der Waals surface area contributed by atoms with E-state index in [1.807, 2.05) is 19.2 Å². The maximum atomic E-state index is 10.1. The Morgan fingerprint density at radius 1 is 1.27 bits per heavy atom. The standard InChI is InChI=1S/C4H7NO4.C4H10.C2H6/c1-9-4(8)5-2-3(6)7;1-4(2)3;1-2/h2H2,1H3,(H,5,8)(H,6,7);4H,1-3H3;1-2H3. The summed E-state index contributed by atoms with van der Waals surface area (Å²) in [5.74, 6) is -0.264. The van der Waals surface area contributed by atoms with Crippen molar-refractivity contribution < 1.29 is 19.4 Å². The zero-order chi connectivity index (χ0) is 12.9. The molecule has 0 spiro atoms. The lowest BCUT2D eigenvalue weighted by atomic mass is 10.3. The number of methoxy groups -OCH3 is 1. The molecule has 0 bridgehead atoms. The lowest BCUT2D eigenvalue weighted by molar-refractivity contribution is -0.135. The van der Waals surface area contributed by atoms with E-state index in [0.717, 1.165) is 13.0 Å². The molecule has 0 heterocycles. The second-order valence-corrected chi connectivity index (χ2v) is 2.97. The second-order valence-electron chi connectivity index (χ2n) is 2.97. The van der Waals surface area contributed by atoms with Crippen LogP contribution in [0.1, 0.15) is 34.6 Å². The van der Waals surface area contributed by atoms with Gasteiger partial charge in [-0.3, -0.25) is 4.79 Å². The van der Waals surface area contributed by atoms with Crippen LogP contribution in [0.4, 0.5) is 4.79 Å². The fourth-order valence-corrected chi connectivity index (χ4v) is 0.220. The van der Waals surface area contributed by atoms with E-state index in [1.54, 1.807) is 0 Å². The maximum absolute atomic E-state index is 10.1. The highest BCUT2D eigenvalue weighted by Gasteiger charge is 1.99. The van der Waals surface area contributed by atoms with Gasteiger partial charge in [-0.05, 0) is 5.92 Å². The normalized spacial score (nSPS) is 7.67. The minimum atomic E-state index is -1.10. The van der Waals surface area contributed by atoms with Gasteiger partial charge < -0.3 is 15.2 Å². The van der Waals surface area contributed by atoms with Crippen LogP contribution in [0.3, 0.4) is 0 Å². The van der Waals surface area contributed by atoms with E-state index >= 15 is 0 Å². The van der Waals surface area contributed by atoms with E-state index in [2.05, 4.69) is 25.5 Å². The molecule has 0 aromatic rings. The highest BCUT2D eigenvalue weighted by molar-refractivity contribution is 5.76. The van der Waals surface area contributed by atoms with Crippen molar-refractivity contribution in [2.45, 2.75) is 34.6 Å². The molecule has 2 N–H and O–H groups in total. The highest BCUT2D eigenvalue weighted by atomic mass is 16.5. The van der Waals surface area contributed by atoms with Gasteiger partial charge in [0.05, 0.1) is 7.11 Å². The molecule has 15 heavy (non-hydrogen) atoms. The molecule has 0 rings (SSSR count). The largest absolute Gasteiger partial charge is 0.480 e. The fourth-order valence-electron chi connectivity index (χ4n) is 0.220. The molecule has 0 radical (unpaired) electrons. The minimum absolute atomic E-state index is 0.410. The Morgan fingerprint density at radius 3 is 1.80 bits per heavy atom. The van der Waals surface area contributed by atoms with Crippen molar-refractivity contribution in [3.63, 3.8) is 0 Å². The molecule has 5 heteroatoms. The number of hydrogen-bond donors (Lipinski definition) is 2. The molecular weight excluding hydrogens is 198 g/mol. The first-order chi connectivity index (χ1) is 6.90. The van der Waals surface area contributed by atoms with Crippen LogP contribution in [0.15, 0.2) is 0 Å². The van der Waals surface area contributed by atoms with Crippen LogP contribution < -0.4 is 5.32 Å². The first kappa shape index (κ1) is 19.3. The van der Waals surface area contributed by atoms with E-state index in [-0.39, 0.29) is 0 Å². The Kier molecular flexibility index (Phi) is 19.6. The smallest absolute Gasteiger partial charge is 0.407 e. The summed E-state index contributed by atoms with van der Waals surface area (Å²) >= 11 is 0. The number of carboxylic acids is 1. The quantitative estimate of drug-likeness (QED) is 0.748. The highest BCUT2D eigenvalue weighted by Crippen LogP contribution is 1.81. The van der Waals surface area contributed by atoms with Crippen molar-refractivity contribution >= 4 is 12.1 Å². The molecule has 0 aliphatic heterocycles. The Balaban J connectivity index is -0.000000202. The summed E-state index contributed by atoms with van der Waals surface area (Å²) < 4.78 is 4.09. The molecule has 0 saturated heterocycles. The van der Waals surface area contributed by atoms with E-state index in [4.69, 9.17) is 5.11 Å². The van der Waals surface area contributed by atoms with Crippen LogP contribution in [0.25, 0.3) is 0 Å². The van der Waals surface area contributed by atoms with Crippen molar-refractivity contribution in [3.8, 4) is 0 Å². The molecule has 0 aromatic heterocycles. The average Bonchev–Trinajstić information content (AvgIpc) is 2.16. The van der Waals surface area contributed by atoms with E-state index in [1.165, 1.54) is 0 Å². The fraction of sp³-hybridized carbons (Fsp3) is 0.800. The van der Waals surface area contributed by atoms with Crippen molar-refractivity contribution in [3.05, 3.63) is 0 Å². The van der Waals surface area contributed by atoms with Gasteiger partial charge in [-0.15, -0.1) is 0 Å². The van der Waals surface area contributed by atoms with Gasteiger partial charge in [0.2, 0.25) is 0 Å². The Labute approximate surface area is 91.8 Å². The predicted molar refractivity (Wildman–Crippen MR) is 59.9 cm³/mol. The van der Waals surface area contributed by atoms with Crippen LogP contribution in [0, 0.1) is 5.92 Å². The van der Waals surface area contributed by atoms with Gasteiger partial charge in [0, 0.05) is 0 Å². The molecule has 0 atom stereocenters. The van der Waals surface area contributed by atoms with Crippen LogP contribution in [-0.2, 0) is 9.53 Å². The zero-order valence-electron chi connectivity index (χ0n) is 10.5. The lowest BCUT2D eigenvalue weighted by Gasteiger charge is -1.96. The number of carboxylic acid groups (broad SMARTS) is 1. The predicted octanol–water partition coefficient (Wildman–Crippen LogP) is 2.12. The number of aliphatic carboxylic acids is 1. The molecule has 0 aliphatic rings. The average molecular weight is 221 g/mol.